The number of ether oxygens (including phenoxy) is 1. The summed E-state index contributed by atoms with van der Waals surface area (Å²) in [4.78, 5) is 0. The van der Waals surface area contributed by atoms with Crippen LogP contribution in [-0.4, -0.2) is 25.8 Å². The molecule has 2 fully saturated rings. The van der Waals surface area contributed by atoms with Gasteiger partial charge < -0.3 is 10.1 Å². The van der Waals surface area contributed by atoms with Crippen molar-refractivity contribution >= 4 is 0 Å². The fourth-order valence-corrected chi connectivity index (χ4v) is 2.38. The van der Waals surface area contributed by atoms with Crippen molar-refractivity contribution in [3.63, 3.8) is 0 Å². The molecular weight excluding hydrogens is 138 g/mol. The van der Waals surface area contributed by atoms with E-state index in [9.17, 15) is 0 Å². The van der Waals surface area contributed by atoms with Gasteiger partial charge in [0, 0.05) is 0 Å². The van der Waals surface area contributed by atoms with Crippen LogP contribution in [0.5, 0.6) is 0 Å². The maximum Gasteiger partial charge on any atom is 0.0609 e. The summed E-state index contributed by atoms with van der Waals surface area (Å²) in [7, 11) is 2.02. The fraction of sp³-hybridized carbons (Fsp3) is 1.00. The van der Waals surface area contributed by atoms with E-state index in [2.05, 4.69) is 5.32 Å². The van der Waals surface area contributed by atoms with Gasteiger partial charge in [-0.15, -0.1) is 0 Å². The lowest BCUT2D eigenvalue weighted by molar-refractivity contribution is 0.0914. The van der Waals surface area contributed by atoms with Crippen LogP contribution in [0.25, 0.3) is 0 Å². The molecule has 2 nitrogen and oxygen atoms in total. The standard InChI is InChI=1S/C9H17NO/c1-10-5-4-7-6-8-2-3-9(7)11-8/h7-10H,2-6H2,1H3. The molecule has 64 valence electrons. The molecule has 2 heteroatoms. The highest BCUT2D eigenvalue weighted by molar-refractivity contribution is 4.89. The van der Waals surface area contributed by atoms with E-state index in [4.69, 9.17) is 4.74 Å². The summed E-state index contributed by atoms with van der Waals surface area (Å²) in [5.41, 5.74) is 0. The van der Waals surface area contributed by atoms with E-state index < -0.39 is 0 Å². The van der Waals surface area contributed by atoms with Crippen LogP contribution in [-0.2, 0) is 4.74 Å². The summed E-state index contributed by atoms with van der Waals surface area (Å²) in [6, 6.07) is 0. The lowest BCUT2D eigenvalue weighted by atomic mass is 9.87. The Morgan fingerprint density at radius 2 is 2.36 bits per heavy atom. The van der Waals surface area contributed by atoms with E-state index in [-0.39, 0.29) is 0 Å². The molecule has 2 saturated heterocycles. The predicted molar refractivity (Wildman–Crippen MR) is 44.5 cm³/mol. The van der Waals surface area contributed by atoms with Crippen molar-refractivity contribution in [1.82, 2.24) is 5.32 Å². The molecule has 0 amide bonds. The van der Waals surface area contributed by atoms with E-state index in [0.29, 0.717) is 12.2 Å². The Hall–Kier alpha value is -0.0800. The molecule has 0 spiro atoms. The van der Waals surface area contributed by atoms with Crippen LogP contribution in [0.4, 0.5) is 0 Å². The predicted octanol–water partition coefficient (Wildman–Crippen LogP) is 1.16. The summed E-state index contributed by atoms with van der Waals surface area (Å²) >= 11 is 0. The summed E-state index contributed by atoms with van der Waals surface area (Å²) in [5.74, 6) is 0.862. The summed E-state index contributed by atoms with van der Waals surface area (Å²) in [6.07, 6.45) is 6.51. The highest BCUT2D eigenvalue weighted by Crippen LogP contribution is 2.39. The zero-order valence-electron chi connectivity index (χ0n) is 7.18. The third-order valence-corrected chi connectivity index (χ3v) is 3.00. The molecule has 0 aliphatic carbocycles. The lowest BCUT2D eigenvalue weighted by Gasteiger charge is -2.17. The molecule has 2 rings (SSSR count). The Labute approximate surface area is 68.3 Å². The summed E-state index contributed by atoms with van der Waals surface area (Å²) in [6.45, 7) is 1.15. The first kappa shape index (κ1) is 7.56. The summed E-state index contributed by atoms with van der Waals surface area (Å²) < 4.78 is 5.75. The van der Waals surface area contributed by atoms with Crippen LogP contribution in [0.3, 0.4) is 0 Å². The lowest BCUT2D eigenvalue weighted by Crippen LogP contribution is -2.21. The number of rotatable bonds is 3. The Balaban J connectivity index is 1.78. The van der Waals surface area contributed by atoms with Crippen molar-refractivity contribution in [2.75, 3.05) is 13.6 Å². The number of hydrogen-bond donors (Lipinski definition) is 1. The molecule has 3 unspecified atom stereocenters. The van der Waals surface area contributed by atoms with Crippen molar-refractivity contribution in [2.24, 2.45) is 5.92 Å². The SMILES string of the molecule is CNCCC1CC2CCC1O2. The van der Waals surface area contributed by atoms with Crippen LogP contribution in [0, 0.1) is 5.92 Å². The van der Waals surface area contributed by atoms with Gasteiger partial charge >= 0.3 is 0 Å². The minimum absolute atomic E-state index is 0.619. The third-order valence-electron chi connectivity index (χ3n) is 3.00. The molecule has 0 aromatic heterocycles. The van der Waals surface area contributed by atoms with Gasteiger partial charge in [-0.2, -0.15) is 0 Å². The molecular formula is C9H17NO. The first-order valence-electron chi connectivity index (χ1n) is 4.70. The molecule has 0 aromatic carbocycles. The van der Waals surface area contributed by atoms with E-state index in [1.165, 1.54) is 25.7 Å². The highest BCUT2D eigenvalue weighted by Gasteiger charge is 2.39. The minimum atomic E-state index is 0.619. The van der Waals surface area contributed by atoms with Crippen molar-refractivity contribution in [3.8, 4) is 0 Å². The molecule has 0 aromatic rings. The molecule has 2 aliphatic heterocycles. The second-order valence-corrected chi connectivity index (χ2v) is 3.76. The molecule has 2 heterocycles. The van der Waals surface area contributed by atoms with Gasteiger partial charge in [-0.1, -0.05) is 0 Å². The van der Waals surface area contributed by atoms with E-state index in [1.54, 1.807) is 0 Å². The monoisotopic (exact) mass is 155 g/mol. The molecule has 0 radical (unpaired) electrons. The second-order valence-electron chi connectivity index (χ2n) is 3.76. The highest BCUT2D eigenvalue weighted by atomic mass is 16.5. The number of fused-ring (bicyclic) bond motifs is 2. The molecule has 3 atom stereocenters. The fourth-order valence-electron chi connectivity index (χ4n) is 2.38. The normalized spacial score (nSPS) is 41.7. The van der Waals surface area contributed by atoms with E-state index in [0.717, 1.165) is 12.5 Å². The molecule has 2 aliphatic rings. The first-order valence-corrected chi connectivity index (χ1v) is 4.70. The van der Waals surface area contributed by atoms with Crippen LogP contribution < -0.4 is 5.32 Å². The molecule has 0 saturated carbocycles. The third kappa shape index (κ3) is 1.42. The van der Waals surface area contributed by atoms with Crippen LogP contribution in [0.2, 0.25) is 0 Å². The largest absolute Gasteiger partial charge is 0.375 e. The van der Waals surface area contributed by atoms with Gasteiger partial charge in [-0.25, -0.2) is 0 Å². The van der Waals surface area contributed by atoms with Crippen molar-refractivity contribution < 1.29 is 4.74 Å². The zero-order chi connectivity index (χ0) is 7.68. The topological polar surface area (TPSA) is 21.3 Å². The molecule has 2 bridgehead atoms. The Kier molecular flexibility index (Phi) is 2.14. The molecule has 11 heavy (non-hydrogen) atoms. The van der Waals surface area contributed by atoms with Crippen LogP contribution in [0.15, 0.2) is 0 Å². The Bertz CT molecular complexity index is 138. The quantitative estimate of drug-likeness (QED) is 0.660. The van der Waals surface area contributed by atoms with Gasteiger partial charge in [-0.05, 0) is 45.2 Å². The average Bonchev–Trinajstić information content (AvgIpc) is 2.60. The van der Waals surface area contributed by atoms with Gasteiger partial charge in [-0.3, -0.25) is 0 Å². The van der Waals surface area contributed by atoms with Crippen LogP contribution >= 0.6 is 0 Å². The van der Waals surface area contributed by atoms with Gasteiger partial charge in [0.1, 0.15) is 0 Å². The zero-order valence-corrected chi connectivity index (χ0v) is 7.18. The number of hydrogen-bond acceptors (Lipinski definition) is 2. The van der Waals surface area contributed by atoms with Gasteiger partial charge in [0.05, 0.1) is 12.2 Å². The first-order chi connectivity index (χ1) is 5.40. The summed E-state index contributed by atoms with van der Waals surface area (Å²) in [5, 5.41) is 3.20. The average molecular weight is 155 g/mol. The maximum atomic E-state index is 5.75. The van der Waals surface area contributed by atoms with Gasteiger partial charge in [0.25, 0.3) is 0 Å². The maximum absolute atomic E-state index is 5.75. The van der Waals surface area contributed by atoms with Gasteiger partial charge in [0.2, 0.25) is 0 Å². The van der Waals surface area contributed by atoms with E-state index >= 15 is 0 Å². The van der Waals surface area contributed by atoms with Gasteiger partial charge in [0.15, 0.2) is 0 Å². The Morgan fingerprint density at radius 3 is 2.91 bits per heavy atom. The smallest absolute Gasteiger partial charge is 0.0609 e. The minimum Gasteiger partial charge on any atom is -0.375 e. The number of nitrogens with one attached hydrogen (secondary N) is 1. The Morgan fingerprint density at radius 1 is 1.45 bits per heavy atom. The van der Waals surface area contributed by atoms with Crippen molar-refractivity contribution in [3.05, 3.63) is 0 Å². The van der Waals surface area contributed by atoms with Crippen molar-refractivity contribution in [1.29, 1.82) is 0 Å². The van der Waals surface area contributed by atoms with E-state index in [1.807, 2.05) is 7.05 Å². The second kappa shape index (κ2) is 3.11. The van der Waals surface area contributed by atoms with Crippen LogP contribution in [0.1, 0.15) is 25.7 Å². The molecule has 1 N–H and O–H groups in total. The van der Waals surface area contributed by atoms with Crippen molar-refractivity contribution in [2.45, 2.75) is 37.9 Å².